The molecule has 1 aliphatic rings. The van der Waals surface area contributed by atoms with Crippen LogP contribution >= 0.6 is 33.9 Å². The number of fused-ring (bicyclic) bond motifs is 1. The summed E-state index contributed by atoms with van der Waals surface area (Å²) < 4.78 is 38.5. The van der Waals surface area contributed by atoms with Crippen molar-refractivity contribution < 1.29 is 28.1 Å². The summed E-state index contributed by atoms with van der Waals surface area (Å²) in [5.41, 5.74) is 2.24. The normalized spacial score (nSPS) is 14.4. The molecule has 1 aromatic heterocycles. The van der Waals surface area contributed by atoms with Crippen LogP contribution in [-0.4, -0.2) is 30.9 Å². The van der Waals surface area contributed by atoms with E-state index < -0.39 is 12.0 Å². The lowest BCUT2D eigenvalue weighted by Crippen LogP contribution is -2.39. The first-order valence-corrected chi connectivity index (χ1v) is 15.4. The molecule has 0 unspecified atom stereocenters. The van der Waals surface area contributed by atoms with Crippen LogP contribution in [0.4, 0.5) is 4.39 Å². The van der Waals surface area contributed by atoms with Crippen molar-refractivity contribution in [3.8, 4) is 17.2 Å². The Morgan fingerprint density at radius 3 is 2.42 bits per heavy atom. The fraction of sp³-hybridized carbons (Fsp3) is 0.219. The van der Waals surface area contributed by atoms with Gasteiger partial charge in [0.15, 0.2) is 16.3 Å². The van der Waals surface area contributed by atoms with Crippen molar-refractivity contribution in [1.82, 2.24) is 4.57 Å². The summed E-state index contributed by atoms with van der Waals surface area (Å²) in [6.07, 6.45) is 3.25. The number of hydrogen-bond acceptors (Lipinski definition) is 8. The average Bonchev–Trinajstić information content (AvgIpc) is 3.32. The summed E-state index contributed by atoms with van der Waals surface area (Å²) in [4.78, 5) is 31.6. The molecule has 1 aliphatic heterocycles. The quantitative estimate of drug-likeness (QED) is 0.167. The van der Waals surface area contributed by atoms with Gasteiger partial charge in [-0.3, -0.25) is 9.36 Å². The Balaban J connectivity index is 1.51. The Morgan fingerprint density at radius 1 is 1.00 bits per heavy atom. The summed E-state index contributed by atoms with van der Waals surface area (Å²) >= 11 is 3.41. The standard InChI is InChI=1S/C32H28FIN2O6S/c1-4-40-26-13-9-21(16-27(26)41-5-2)29-23(31(38)39-3)17-35-32-36(29)30(37)28(43-32)15-20-8-12-25(24(34)14-20)42-18-19-6-10-22(33)11-7-19/h6-17,29H,4-5,18H2,1-3H3/b28-15-/t29-/m0/s1. The molecule has 0 amide bonds. The van der Waals surface area contributed by atoms with Crippen LogP contribution < -0.4 is 29.1 Å². The molecule has 8 nitrogen and oxygen atoms in total. The topological polar surface area (TPSA) is 88.4 Å². The molecule has 0 N–H and O–H groups in total. The molecule has 43 heavy (non-hydrogen) atoms. The zero-order chi connectivity index (χ0) is 30.5. The van der Waals surface area contributed by atoms with Crippen molar-refractivity contribution in [2.75, 3.05) is 20.3 Å². The van der Waals surface area contributed by atoms with Crippen molar-refractivity contribution in [1.29, 1.82) is 0 Å². The second-order valence-electron chi connectivity index (χ2n) is 9.35. The van der Waals surface area contributed by atoms with Gasteiger partial charge in [0.25, 0.3) is 5.56 Å². The number of ether oxygens (including phenoxy) is 4. The van der Waals surface area contributed by atoms with Gasteiger partial charge >= 0.3 is 5.97 Å². The van der Waals surface area contributed by atoms with Gasteiger partial charge in [-0.25, -0.2) is 14.2 Å². The van der Waals surface area contributed by atoms with Crippen LogP contribution in [0.1, 0.15) is 36.6 Å². The number of rotatable bonds is 10. The van der Waals surface area contributed by atoms with Crippen molar-refractivity contribution in [3.63, 3.8) is 0 Å². The Bertz CT molecular complexity index is 1870. The molecule has 0 fully saturated rings. The van der Waals surface area contributed by atoms with E-state index in [0.717, 1.165) is 14.7 Å². The van der Waals surface area contributed by atoms with Gasteiger partial charge in [-0.2, -0.15) is 0 Å². The fourth-order valence-electron chi connectivity index (χ4n) is 4.60. The smallest absolute Gasteiger partial charge is 0.337 e. The summed E-state index contributed by atoms with van der Waals surface area (Å²) in [5, 5.41) is 0. The van der Waals surface area contributed by atoms with E-state index in [1.165, 1.54) is 41.3 Å². The van der Waals surface area contributed by atoms with E-state index in [1.54, 1.807) is 30.3 Å². The lowest BCUT2D eigenvalue weighted by molar-refractivity contribution is -0.136. The first-order valence-electron chi connectivity index (χ1n) is 13.5. The highest BCUT2D eigenvalue weighted by Crippen LogP contribution is 2.35. The summed E-state index contributed by atoms with van der Waals surface area (Å²) in [7, 11) is 1.30. The fourth-order valence-corrected chi connectivity index (χ4v) is 6.27. The zero-order valence-electron chi connectivity index (χ0n) is 23.6. The molecule has 0 saturated carbocycles. The number of carbonyl (C=O) groups excluding carboxylic acids is 1. The number of thiazole rings is 1. The average molecular weight is 715 g/mol. The van der Waals surface area contributed by atoms with Gasteiger partial charge in [-0.05, 0) is 95.6 Å². The van der Waals surface area contributed by atoms with E-state index >= 15 is 0 Å². The van der Waals surface area contributed by atoms with E-state index in [1.807, 2.05) is 38.1 Å². The zero-order valence-corrected chi connectivity index (χ0v) is 26.6. The Labute approximate surface area is 264 Å². The van der Waals surface area contributed by atoms with Gasteiger partial charge in [-0.15, -0.1) is 0 Å². The highest BCUT2D eigenvalue weighted by Gasteiger charge is 2.31. The third-order valence-electron chi connectivity index (χ3n) is 6.57. The van der Waals surface area contributed by atoms with Crippen LogP contribution in [0.2, 0.25) is 0 Å². The molecule has 222 valence electrons. The highest BCUT2D eigenvalue weighted by molar-refractivity contribution is 14.1. The van der Waals surface area contributed by atoms with E-state index in [9.17, 15) is 14.0 Å². The van der Waals surface area contributed by atoms with Crippen molar-refractivity contribution >= 4 is 46.0 Å². The SMILES string of the molecule is CCOc1ccc([C@H]2C(C(=O)OC)=CN=c3s/c(=C\c4ccc(OCc5ccc(F)cc5)c(I)c4)c(=O)n32)cc1OCC. The lowest BCUT2D eigenvalue weighted by atomic mass is 9.97. The molecule has 2 heterocycles. The number of nitrogens with zero attached hydrogens (tertiary/aromatic N) is 2. The third-order valence-corrected chi connectivity index (χ3v) is 8.41. The molecule has 0 spiro atoms. The predicted molar refractivity (Wildman–Crippen MR) is 170 cm³/mol. The Morgan fingerprint density at radius 2 is 1.72 bits per heavy atom. The molecule has 5 rings (SSSR count). The summed E-state index contributed by atoms with van der Waals surface area (Å²) in [5.74, 6) is 0.883. The minimum atomic E-state index is -0.775. The van der Waals surface area contributed by atoms with E-state index in [0.29, 0.717) is 52.0 Å². The van der Waals surface area contributed by atoms with Crippen LogP contribution in [0.3, 0.4) is 0 Å². The van der Waals surface area contributed by atoms with Gasteiger partial charge in [0.05, 0.1) is 40.0 Å². The van der Waals surface area contributed by atoms with E-state index in [-0.39, 0.29) is 16.9 Å². The minimum absolute atomic E-state index is 0.227. The number of methoxy groups -OCH3 is 1. The molecule has 4 aromatic rings. The highest BCUT2D eigenvalue weighted by atomic mass is 127. The van der Waals surface area contributed by atoms with Crippen molar-refractivity contribution in [2.24, 2.45) is 4.99 Å². The maximum Gasteiger partial charge on any atom is 0.337 e. The lowest BCUT2D eigenvalue weighted by Gasteiger charge is -2.23. The van der Waals surface area contributed by atoms with E-state index in [2.05, 4.69) is 27.6 Å². The maximum absolute atomic E-state index is 13.9. The molecule has 0 aliphatic carbocycles. The molecular formula is C32H28FIN2O6S. The number of esters is 1. The van der Waals surface area contributed by atoms with Gasteiger partial charge in [-0.1, -0.05) is 35.6 Å². The molecular weight excluding hydrogens is 686 g/mol. The first-order chi connectivity index (χ1) is 20.8. The first kappa shape index (κ1) is 30.5. The van der Waals surface area contributed by atoms with E-state index in [4.69, 9.17) is 18.9 Å². The van der Waals surface area contributed by atoms with Gasteiger partial charge in [0.1, 0.15) is 18.2 Å². The molecule has 1 atom stereocenters. The van der Waals surface area contributed by atoms with Crippen molar-refractivity contribution in [3.05, 3.63) is 118 Å². The largest absolute Gasteiger partial charge is 0.490 e. The number of halogens is 2. The number of hydrogen-bond donors (Lipinski definition) is 0. The van der Waals surface area contributed by atoms with Crippen molar-refractivity contribution in [2.45, 2.75) is 26.5 Å². The number of benzene rings is 3. The number of aromatic nitrogens is 1. The Kier molecular flexibility index (Phi) is 9.61. The van der Waals surface area contributed by atoms with Crippen LogP contribution in [0.15, 0.2) is 82.2 Å². The van der Waals surface area contributed by atoms with Gasteiger partial charge in [0, 0.05) is 6.20 Å². The minimum Gasteiger partial charge on any atom is -0.490 e. The summed E-state index contributed by atoms with van der Waals surface area (Å²) in [6, 6.07) is 16.4. The molecule has 11 heteroatoms. The Hall–Kier alpha value is -3.97. The van der Waals surface area contributed by atoms with Crippen LogP contribution in [0.5, 0.6) is 17.2 Å². The van der Waals surface area contributed by atoms with Crippen LogP contribution in [0.25, 0.3) is 6.08 Å². The van der Waals surface area contributed by atoms with Crippen LogP contribution in [-0.2, 0) is 16.1 Å². The summed E-state index contributed by atoms with van der Waals surface area (Å²) in [6.45, 7) is 4.93. The third kappa shape index (κ3) is 6.67. The molecule has 0 radical (unpaired) electrons. The van der Waals surface area contributed by atoms with Gasteiger partial charge in [0.2, 0.25) is 0 Å². The molecule has 0 bridgehead atoms. The van der Waals surface area contributed by atoms with Gasteiger partial charge < -0.3 is 18.9 Å². The second-order valence-corrected chi connectivity index (χ2v) is 11.5. The second kappa shape index (κ2) is 13.6. The molecule has 0 saturated heterocycles. The predicted octanol–water partition coefficient (Wildman–Crippen LogP) is 5.14. The number of carbonyl (C=O) groups is 1. The van der Waals surface area contributed by atoms with Crippen LogP contribution in [0, 0.1) is 9.39 Å². The monoisotopic (exact) mass is 714 g/mol. The molecule has 3 aromatic carbocycles. The maximum atomic E-state index is 13.9.